The Balaban J connectivity index is 1.97. The second-order valence-corrected chi connectivity index (χ2v) is 5.52. The molecule has 0 fully saturated rings. The third-order valence-corrected chi connectivity index (χ3v) is 3.90. The number of anilines is 1. The predicted molar refractivity (Wildman–Crippen MR) is 92.5 cm³/mol. The Morgan fingerprint density at radius 2 is 2.21 bits per heavy atom. The second-order valence-electron chi connectivity index (χ2n) is 5.52. The van der Waals surface area contributed by atoms with Crippen molar-refractivity contribution in [2.75, 3.05) is 18.4 Å². The molecule has 1 atom stereocenters. The van der Waals surface area contributed by atoms with Crippen LogP contribution in [0.3, 0.4) is 0 Å². The average Bonchev–Trinajstić information content (AvgIpc) is 3.02. The van der Waals surface area contributed by atoms with Crippen molar-refractivity contribution in [2.24, 2.45) is 5.73 Å². The number of nitrogens with one attached hydrogen (secondary N) is 1. The first-order valence-electron chi connectivity index (χ1n) is 7.71. The van der Waals surface area contributed by atoms with Crippen LogP contribution in [0.1, 0.15) is 18.4 Å². The van der Waals surface area contributed by atoms with E-state index in [1.54, 1.807) is 13.1 Å². The van der Waals surface area contributed by atoms with Gasteiger partial charge in [0.15, 0.2) is 0 Å². The van der Waals surface area contributed by atoms with E-state index in [2.05, 4.69) is 15.3 Å². The van der Waals surface area contributed by atoms with Crippen LogP contribution in [0.15, 0.2) is 42.7 Å². The highest BCUT2D eigenvalue weighted by atomic mass is 16.4. The van der Waals surface area contributed by atoms with Crippen LogP contribution in [0.4, 0.5) is 5.95 Å². The maximum absolute atomic E-state index is 11.1. The highest BCUT2D eigenvalue weighted by Crippen LogP contribution is 2.24. The molecule has 0 aliphatic rings. The number of nitrogens with two attached hydrogens (primary N) is 1. The van der Waals surface area contributed by atoms with Gasteiger partial charge in [-0.1, -0.05) is 6.07 Å². The molecule has 0 radical (unpaired) electrons. The van der Waals surface area contributed by atoms with Gasteiger partial charge < -0.3 is 20.7 Å². The first-order valence-corrected chi connectivity index (χ1v) is 7.71. The lowest BCUT2D eigenvalue weighted by atomic mass is 10.0. The van der Waals surface area contributed by atoms with E-state index in [0.29, 0.717) is 19.0 Å². The summed E-state index contributed by atoms with van der Waals surface area (Å²) in [6, 6.07) is 9.42. The number of hydrogen-bond donors (Lipinski definition) is 3. The van der Waals surface area contributed by atoms with Crippen LogP contribution in [-0.4, -0.2) is 38.7 Å². The maximum Gasteiger partial charge on any atom is 0.310 e. The lowest BCUT2D eigenvalue weighted by Gasteiger charge is -2.09. The van der Waals surface area contributed by atoms with Gasteiger partial charge in [-0.15, -0.1) is 0 Å². The fourth-order valence-corrected chi connectivity index (χ4v) is 2.53. The first kappa shape index (κ1) is 15.9. The molecule has 0 saturated carbocycles. The summed E-state index contributed by atoms with van der Waals surface area (Å²) in [6.07, 6.45) is 3.60. The zero-order valence-electron chi connectivity index (χ0n) is 13.3. The number of benzene rings is 1. The molecule has 0 spiro atoms. The quantitative estimate of drug-likeness (QED) is 0.640. The van der Waals surface area contributed by atoms with Crippen LogP contribution in [0.25, 0.3) is 16.7 Å². The number of hydrogen-bond acceptors (Lipinski definition) is 5. The van der Waals surface area contributed by atoms with Crippen molar-refractivity contribution in [1.82, 2.24) is 14.5 Å². The smallest absolute Gasteiger partial charge is 0.310 e. The molecule has 0 amide bonds. The molecule has 7 heteroatoms. The molecule has 3 rings (SSSR count). The first-order chi connectivity index (χ1) is 11.6. The number of aliphatic carboxylic acids is 1. The SMILES string of the molecule is CC(C(=O)O)c1ccc2c(ccn2-c2ccnc(NCCN)n2)c1. The summed E-state index contributed by atoms with van der Waals surface area (Å²) >= 11 is 0. The standard InChI is InChI=1S/C17H19N5O2/c1-11(16(23)24)12-2-3-14-13(10-12)5-9-22(14)15-4-7-19-17(21-15)20-8-6-18/h2-5,7,9-11H,6,8,18H2,1H3,(H,23,24)(H,19,20,21). The van der Waals surface area contributed by atoms with Crippen molar-refractivity contribution < 1.29 is 9.90 Å². The lowest BCUT2D eigenvalue weighted by molar-refractivity contribution is -0.138. The van der Waals surface area contributed by atoms with Gasteiger partial charge in [0.2, 0.25) is 5.95 Å². The predicted octanol–water partition coefficient (Wildman–Crippen LogP) is 1.98. The minimum Gasteiger partial charge on any atom is -0.481 e. The number of carboxylic acid groups (broad SMARTS) is 1. The largest absolute Gasteiger partial charge is 0.481 e. The highest BCUT2D eigenvalue weighted by Gasteiger charge is 2.15. The van der Waals surface area contributed by atoms with Gasteiger partial charge >= 0.3 is 5.97 Å². The Hall–Kier alpha value is -2.93. The summed E-state index contributed by atoms with van der Waals surface area (Å²) < 4.78 is 1.94. The molecular formula is C17H19N5O2. The highest BCUT2D eigenvalue weighted by molar-refractivity contribution is 5.84. The van der Waals surface area contributed by atoms with Gasteiger partial charge in [0, 0.05) is 30.9 Å². The summed E-state index contributed by atoms with van der Waals surface area (Å²) in [5, 5.41) is 13.2. The zero-order valence-corrected chi connectivity index (χ0v) is 13.3. The van der Waals surface area contributed by atoms with Crippen LogP contribution in [0.2, 0.25) is 0 Å². The molecule has 0 aliphatic heterocycles. The van der Waals surface area contributed by atoms with Crippen molar-refractivity contribution in [1.29, 1.82) is 0 Å². The molecule has 7 nitrogen and oxygen atoms in total. The summed E-state index contributed by atoms with van der Waals surface area (Å²) in [7, 11) is 0. The lowest BCUT2D eigenvalue weighted by Crippen LogP contribution is -2.15. The van der Waals surface area contributed by atoms with Gasteiger partial charge in [-0.25, -0.2) is 4.98 Å². The molecule has 1 aromatic carbocycles. The molecule has 4 N–H and O–H groups in total. The van der Waals surface area contributed by atoms with E-state index in [4.69, 9.17) is 10.8 Å². The molecule has 3 aromatic rings. The number of carboxylic acids is 1. The van der Waals surface area contributed by atoms with Crippen molar-refractivity contribution in [3.05, 3.63) is 48.3 Å². The molecule has 0 aliphatic carbocycles. The summed E-state index contributed by atoms with van der Waals surface area (Å²) in [5.74, 6) is -0.112. The topological polar surface area (TPSA) is 106 Å². The third kappa shape index (κ3) is 3.07. The Morgan fingerprint density at radius 3 is 2.96 bits per heavy atom. The van der Waals surface area contributed by atoms with E-state index in [9.17, 15) is 4.79 Å². The van der Waals surface area contributed by atoms with E-state index in [1.807, 2.05) is 41.1 Å². The summed E-state index contributed by atoms with van der Waals surface area (Å²) in [6.45, 7) is 2.79. The van der Waals surface area contributed by atoms with Gasteiger partial charge in [0.1, 0.15) is 5.82 Å². The third-order valence-electron chi connectivity index (χ3n) is 3.90. The van der Waals surface area contributed by atoms with Crippen LogP contribution in [0.5, 0.6) is 0 Å². The molecule has 24 heavy (non-hydrogen) atoms. The molecule has 1 unspecified atom stereocenters. The molecular weight excluding hydrogens is 306 g/mol. The van der Waals surface area contributed by atoms with Crippen LogP contribution in [-0.2, 0) is 4.79 Å². The molecule has 0 bridgehead atoms. The summed E-state index contributed by atoms with van der Waals surface area (Å²) in [5.41, 5.74) is 7.21. The van der Waals surface area contributed by atoms with Gasteiger partial charge in [0.05, 0.1) is 11.4 Å². The number of fused-ring (bicyclic) bond motifs is 1. The average molecular weight is 325 g/mol. The maximum atomic E-state index is 11.1. The van der Waals surface area contributed by atoms with Crippen LogP contribution >= 0.6 is 0 Å². The fourth-order valence-electron chi connectivity index (χ4n) is 2.53. The number of carbonyl (C=O) groups is 1. The van der Waals surface area contributed by atoms with Crippen LogP contribution < -0.4 is 11.1 Å². The van der Waals surface area contributed by atoms with Crippen molar-refractivity contribution >= 4 is 22.8 Å². The summed E-state index contributed by atoms with van der Waals surface area (Å²) in [4.78, 5) is 19.8. The number of nitrogens with zero attached hydrogens (tertiary/aromatic N) is 3. The van der Waals surface area contributed by atoms with Gasteiger partial charge in [-0.05, 0) is 36.8 Å². The van der Waals surface area contributed by atoms with E-state index in [1.165, 1.54) is 0 Å². The molecule has 0 saturated heterocycles. The Bertz CT molecular complexity index is 874. The number of aromatic nitrogens is 3. The van der Waals surface area contributed by atoms with Gasteiger partial charge in [-0.3, -0.25) is 4.79 Å². The zero-order chi connectivity index (χ0) is 17.1. The van der Waals surface area contributed by atoms with E-state index in [0.717, 1.165) is 22.3 Å². The van der Waals surface area contributed by atoms with E-state index in [-0.39, 0.29) is 0 Å². The Labute approximate surface area is 139 Å². The van der Waals surface area contributed by atoms with Crippen molar-refractivity contribution in [3.8, 4) is 5.82 Å². The monoisotopic (exact) mass is 325 g/mol. The minimum absolute atomic E-state index is 0.505. The second kappa shape index (κ2) is 6.67. The van der Waals surface area contributed by atoms with Gasteiger partial charge in [-0.2, -0.15) is 4.98 Å². The molecule has 2 heterocycles. The van der Waals surface area contributed by atoms with E-state index < -0.39 is 11.9 Å². The Morgan fingerprint density at radius 1 is 1.38 bits per heavy atom. The van der Waals surface area contributed by atoms with Crippen molar-refractivity contribution in [3.63, 3.8) is 0 Å². The van der Waals surface area contributed by atoms with Gasteiger partial charge in [0.25, 0.3) is 0 Å². The Kier molecular flexibility index (Phi) is 4.43. The fraction of sp³-hybridized carbons (Fsp3) is 0.235. The van der Waals surface area contributed by atoms with E-state index >= 15 is 0 Å². The van der Waals surface area contributed by atoms with Crippen molar-refractivity contribution in [2.45, 2.75) is 12.8 Å². The minimum atomic E-state index is -0.833. The number of rotatable bonds is 6. The molecule has 124 valence electrons. The normalized spacial score (nSPS) is 12.2. The molecule has 2 aromatic heterocycles. The van der Waals surface area contributed by atoms with Crippen LogP contribution in [0, 0.1) is 0 Å².